The summed E-state index contributed by atoms with van der Waals surface area (Å²) in [6.45, 7) is 4.91. The van der Waals surface area contributed by atoms with Gasteiger partial charge in [0.25, 0.3) is 5.91 Å². The average molecular weight is 407 g/mol. The number of carbonyl (C=O) groups excluding carboxylic acids is 1. The average Bonchev–Trinajstić information content (AvgIpc) is 3.34. The fourth-order valence-electron chi connectivity index (χ4n) is 4.05. The predicted molar refractivity (Wildman–Crippen MR) is 110 cm³/mol. The molecule has 1 N–H and O–H groups in total. The first-order valence-electron chi connectivity index (χ1n) is 9.34. The maximum absolute atomic E-state index is 13.3. The van der Waals surface area contributed by atoms with Crippen LogP contribution in [0.1, 0.15) is 36.2 Å². The maximum Gasteiger partial charge on any atom is 0.273 e. The fraction of sp³-hybridized carbons (Fsp3) is 0.238. The number of aromatic amines is 1. The van der Waals surface area contributed by atoms with Gasteiger partial charge in [-0.2, -0.15) is 0 Å². The first-order chi connectivity index (χ1) is 13.9. The van der Waals surface area contributed by atoms with Crippen molar-refractivity contribution >= 4 is 28.7 Å². The Labute approximate surface area is 172 Å². The van der Waals surface area contributed by atoms with E-state index in [2.05, 4.69) is 33.8 Å². The summed E-state index contributed by atoms with van der Waals surface area (Å²) >= 11 is 6.18. The lowest BCUT2D eigenvalue weighted by molar-refractivity contribution is -0.0373. The van der Waals surface area contributed by atoms with Crippen molar-refractivity contribution in [3.05, 3.63) is 71.7 Å². The van der Waals surface area contributed by atoms with Gasteiger partial charge >= 0.3 is 0 Å². The molecule has 1 aliphatic heterocycles. The van der Waals surface area contributed by atoms with Gasteiger partial charge in [-0.05, 0) is 30.3 Å². The van der Waals surface area contributed by atoms with Crippen LogP contribution in [0.2, 0.25) is 5.02 Å². The molecule has 4 heterocycles. The van der Waals surface area contributed by atoms with Gasteiger partial charge in [0, 0.05) is 35.1 Å². The molecule has 5 rings (SSSR count). The van der Waals surface area contributed by atoms with Crippen LogP contribution in [0.25, 0.3) is 16.9 Å². The van der Waals surface area contributed by atoms with E-state index in [9.17, 15) is 4.79 Å². The van der Waals surface area contributed by atoms with Gasteiger partial charge in [0.1, 0.15) is 11.5 Å². The van der Waals surface area contributed by atoms with E-state index in [0.717, 1.165) is 17.0 Å². The molecule has 1 fully saturated rings. The van der Waals surface area contributed by atoms with E-state index < -0.39 is 0 Å². The highest BCUT2D eigenvalue weighted by atomic mass is 35.5. The zero-order valence-electron chi connectivity index (χ0n) is 16.0. The zero-order chi connectivity index (χ0) is 20.2. The van der Waals surface area contributed by atoms with Crippen molar-refractivity contribution in [3.8, 4) is 5.69 Å². The number of pyridine rings is 1. The van der Waals surface area contributed by atoms with Crippen molar-refractivity contribution in [3.63, 3.8) is 0 Å². The van der Waals surface area contributed by atoms with E-state index in [0.29, 0.717) is 22.9 Å². The normalized spacial score (nSPS) is 18.0. The molecular weight excluding hydrogens is 388 g/mol. The van der Waals surface area contributed by atoms with Crippen LogP contribution in [0.5, 0.6) is 0 Å². The Balaban J connectivity index is 1.52. The molecule has 4 aromatic rings. The van der Waals surface area contributed by atoms with Crippen molar-refractivity contribution in [2.75, 3.05) is 6.54 Å². The third-order valence-electron chi connectivity index (χ3n) is 5.39. The van der Waals surface area contributed by atoms with Crippen molar-refractivity contribution in [2.24, 2.45) is 5.41 Å². The molecule has 0 aliphatic carbocycles. The van der Waals surface area contributed by atoms with Gasteiger partial charge in [-0.25, -0.2) is 15.0 Å². The summed E-state index contributed by atoms with van der Waals surface area (Å²) in [6, 6.07) is 11.0. The lowest BCUT2D eigenvalue weighted by Crippen LogP contribution is -2.58. The number of hydrogen-bond acceptors (Lipinski definition) is 4. The summed E-state index contributed by atoms with van der Waals surface area (Å²) in [6.07, 6.45) is 5.22. The van der Waals surface area contributed by atoms with E-state index in [-0.39, 0.29) is 17.4 Å². The number of rotatable bonds is 3. The molecule has 1 aliphatic rings. The number of aromatic nitrogens is 5. The molecule has 1 amide bonds. The van der Waals surface area contributed by atoms with Gasteiger partial charge in [0.15, 0.2) is 5.65 Å². The van der Waals surface area contributed by atoms with Crippen LogP contribution in [-0.4, -0.2) is 41.9 Å². The van der Waals surface area contributed by atoms with Gasteiger partial charge in [-0.1, -0.05) is 31.5 Å². The molecule has 1 saturated heterocycles. The van der Waals surface area contributed by atoms with E-state index in [4.69, 9.17) is 11.6 Å². The summed E-state index contributed by atoms with van der Waals surface area (Å²) < 4.78 is 1.99. The minimum atomic E-state index is -0.180. The molecule has 8 heteroatoms. The standard InChI is InChI=1S/C21H19ClN6O/c1-21(2)11-28(20(29)16-7-6-15-18(26-16)25-12-24-15)17(21)19-23-8-9-27(19)14-5-3-4-13(22)10-14/h3-10,12,17H,11H2,1-2H3,(H,24,25,26). The minimum Gasteiger partial charge on any atom is -0.343 e. The Morgan fingerprint density at radius 2 is 2.10 bits per heavy atom. The molecule has 29 heavy (non-hydrogen) atoms. The number of imidazole rings is 2. The monoisotopic (exact) mass is 406 g/mol. The highest BCUT2D eigenvalue weighted by Crippen LogP contribution is 2.48. The fourth-order valence-corrected chi connectivity index (χ4v) is 4.24. The molecule has 146 valence electrons. The Morgan fingerprint density at radius 3 is 2.90 bits per heavy atom. The Bertz CT molecular complexity index is 1230. The van der Waals surface area contributed by atoms with Crippen LogP contribution < -0.4 is 0 Å². The summed E-state index contributed by atoms with van der Waals surface area (Å²) in [7, 11) is 0. The molecule has 0 bridgehead atoms. The maximum atomic E-state index is 13.3. The summed E-state index contributed by atoms with van der Waals surface area (Å²) in [4.78, 5) is 31.2. The van der Waals surface area contributed by atoms with Gasteiger partial charge < -0.3 is 14.5 Å². The van der Waals surface area contributed by atoms with E-state index in [1.807, 2.05) is 46.0 Å². The van der Waals surface area contributed by atoms with E-state index in [1.54, 1.807) is 18.6 Å². The first-order valence-corrected chi connectivity index (χ1v) is 9.72. The zero-order valence-corrected chi connectivity index (χ0v) is 16.8. The highest BCUT2D eigenvalue weighted by molar-refractivity contribution is 6.30. The Kier molecular flexibility index (Phi) is 3.96. The molecule has 1 unspecified atom stereocenters. The quantitative estimate of drug-likeness (QED) is 0.557. The van der Waals surface area contributed by atoms with Gasteiger partial charge in [-0.3, -0.25) is 4.79 Å². The SMILES string of the molecule is CC1(C)CN(C(=O)c2ccc3[nH]cnc3n2)C1c1nccn1-c1cccc(Cl)c1. The second kappa shape index (κ2) is 6.42. The number of amides is 1. The molecule has 7 nitrogen and oxygen atoms in total. The van der Waals surface area contributed by atoms with Crippen molar-refractivity contribution in [2.45, 2.75) is 19.9 Å². The molecule has 0 saturated carbocycles. The van der Waals surface area contributed by atoms with Gasteiger partial charge in [-0.15, -0.1) is 0 Å². The lowest BCUT2D eigenvalue weighted by atomic mass is 9.74. The number of hydrogen-bond donors (Lipinski definition) is 1. The molecule has 0 radical (unpaired) electrons. The largest absolute Gasteiger partial charge is 0.343 e. The molecule has 1 aromatic carbocycles. The minimum absolute atomic E-state index is 0.117. The number of likely N-dealkylation sites (tertiary alicyclic amines) is 1. The highest BCUT2D eigenvalue weighted by Gasteiger charge is 2.51. The molecular formula is C21H19ClN6O. The summed E-state index contributed by atoms with van der Waals surface area (Å²) in [5, 5.41) is 0.652. The second-order valence-corrected chi connectivity index (χ2v) is 8.37. The first kappa shape index (κ1) is 17.9. The van der Waals surface area contributed by atoms with E-state index >= 15 is 0 Å². The van der Waals surface area contributed by atoms with Crippen molar-refractivity contribution < 1.29 is 4.79 Å². The number of carbonyl (C=O) groups is 1. The number of H-pyrrole nitrogens is 1. The van der Waals surface area contributed by atoms with Crippen molar-refractivity contribution in [1.29, 1.82) is 0 Å². The van der Waals surface area contributed by atoms with Crippen LogP contribution in [0.3, 0.4) is 0 Å². The smallest absolute Gasteiger partial charge is 0.273 e. The number of fused-ring (bicyclic) bond motifs is 1. The molecule has 0 spiro atoms. The topological polar surface area (TPSA) is 79.7 Å². The molecule has 1 atom stereocenters. The van der Waals surface area contributed by atoms with Gasteiger partial charge in [0.05, 0.1) is 17.9 Å². The summed E-state index contributed by atoms with van der Waals surface area (Å²) in [5.41, 5.74) is 2.52. The second-order valence-electron chi connectivity index (χ2n) is 7.93. The third-order valence-corrected chi connectivity index (χ3v) is 5.63. The molecule has 3 aromatic heterocycles. The third kappa shape index (κ3) is 2.89. The Hall–Kier alpha value is -3.19. The summed E-state index contributed by atoms with van der Waals surface area (Å²) in [5.74, 6) is 0.678. The van der Waals surface area contributed by atoms with Crippen LogP contribution in [0.4, 0.5) is 0 Å². The van der Waals surface area contributed by atoms with Crippen LogP contribution in [-0.2, 0) is 0 Å². The number of nitrogens with zero attached hydrogens (tertiary/aromatic N) is 5. The van der Waals surface area contributed by atoms with Crippen LogP contribution >= 0.6 is 11.6 Å². The number of benzene rings is 1. The number of nitrogens with one attached hydrogen (secondary N) is 1. The van der Waals surface area contributed by atoms with Crippen LogP contribution in [0, 0.1) is 5.41 Å². The van der Waals surface area contributed by atoms with Crippen LogP contribution in [0.15, 0.2) is 55.1 Å². The lowest BCUT2D eigenvalue weighted by Gasteiger charge is -2.53. The van der Waals surface area contributed by atoms with Gasteiger partial charge in [0.2, 0.25) is 0 Å². The Morgan fingerprint density at radius 1 is 1.24 bits per heavy atom. The predicted octanol–water partition coefficient (Wildman–Crippen LogP) is 4.02. The van der Waals surface area contributed by atoms with E-state index in [1.165, 1.54) is 0 Å². The number of halogens is 1. The van der Waals surface area contributed by atoms with Crippen molar-refractivity contribution in [1.82, 2.24) is 29.4 Å².